The molecule has 2 unspecified atom stereocenters. The van der Waals surface area contributed by atoms with Crippen LogP contribution >= 0.6 is 15.9 Å². The van der Waals surface area contributed by atoms with Crippen LogP contribution in [-0.2, 0) is 14.2 Å². The highest BCUT2D eigenvalue weighted by molar-refractivity contribution is 9.11. The van der Waals surface area contributed by atoms with Gasteiger partial charge in [-0.05, 0) is 74.0 Å². The number of aliphatic imine (C=N–C) groups is 1. The van der Waals surface area contributed by atoms with Gasteiger partial charge in [0, 0.05) is 63.9 Å². The highest BCUT2D eigenvalue weighted by Crippen LogP contribution is 2.30. The van der Waals surface area contributed by atoms with Crippen molar-refractivity contribution < 1.29 is 19.0 Å². The molecule has 1 saturated carbocycles. The summed E-state index contributed by atoms with van der Waals surface area (Å²) in [6, 6.07) is -0.300. The van der Waals surface area contributed by atoms with E-state index in [9.17, 15) is 4.79 Å². The molecule has 1 aliphatic carbocycles. The molecule has 1 amide bonds. The monoisotopic (exact) mass is 618 g/mol. The van der Waals surface area contributed by atoms with E-state index in [0.717, 1.165) is 18.5 Å². The predicted molar refractivity (Wildman–Crippen MR) is 161 cm³/mol. The smallest absolute Gasteiger partial charge is 0.410 e. The third-order valence-corrected chi connectivity index (χ3v) is 7.29. The van der Waals surface area contributed by atoms with Crippen LogP contribution < -0.4 is 11.6 Å². The second kappa shape index (κ2) is 14.7. The van der Waals surface area contributed by atoms with E-state index in [-0.39, 0.29) is 18.2 Å². The molecule has 2 atom stereocenters. The maximum atomic E-state index is 12.8. The average Bonchev–Trinajstić information content (AvgIpc) is 3.74. The molecule has 2 heterocycles. The molecule has 0 aromatic carbocycles. The number of carbonyl (C=O) groups excluding carboxylic acids is 1. The number of amides is 1. The molecule has 2 fully saturated rings. The zero-order chi connectivity index (χ0) is 29.3. The van der Waals surface area contributed by atoms with Crippen LogP contribution in [0.15, 0.2) is 51.2 Å². The molecule has 4 N–H and O–H groups in total. The van der Waals surface area contributed by atoms with Gasteiger partial charge in [-0.1, -0.05) is 5.92 Å². The Morgan fingerprint density at radius 2 is 2.10 bits per heavy atom. The number of ether oxygens (including phenoxy) is 3. The Morgan fingerprint density at radius 1 is 1.35 bits per heavy atom. The summed E-state index contributed by atoms with van der Waals surface area (Å²) in [6.07, 6.45) is 17.8. The number of rotatable bonds is 10. The summed E-state index contributed by atoms with van der Waals surface area (Å²) in [5.41, 5.74) is 6.16. The zero-order valence-electron chi connectivity index (χ0n) is 24.0. The van der Waals surface area contributed by atoms with Crippen molar-refractivity contribution in [3.8, 4) is 12.3 Å². The van der Waals surface area contributed by atoms with Gasteiger partial charge in [-0.3, -0.25) is 4.90 Å². The van der Waals surface area contributed by atoms with Crippen molar-refractivity contribution in [2.45, 2.75) is 64.2 Å². The molecule has 2 aliphatic heterocycles. The van der Waals surface area contributed by atoms with Crippen molar-refractivity contribution in [1.82, 2.24) is 14.8 Å². The fraction of sp³-hybridized carbons (Fsp3) is 0.586. The molecule has 0 spiro atoms. The number of methoxy groups -OCH3 is 1. The average molecular weight is 620 g/mol. The van der Waals surface area contributed by atoms with E-state index < -0.39 is 5.60 Å². The minimum atomic E-state index is -0.576. The highest BCUT2D eigenvalue weighted by Gasteiger charge is 2.31. The first-order valence-corrected chi connectivity index (χ1v) is 14.4. The van der Waals surface area contributed by atoms with Gasteiger partial charge < -0.3 is 29.9 Å². The Kier molecular flexibility index (Phi) is 11.7. The maximum Gasteiger partial charge on any atom is 0.410 e. The Morgan fingerprint density at radius 3 is 2.73 bits per heavy atom. The predicted octanol–water partition coefficient (Wildman–Crippen LogP) is 3.83. The Labute approximate surface area is 246 Å². The van der Waals surface area contributed by atoms with E-state index in [2.05, 4.69) is 31.7 Å². The fourth-order valence-corrected chi connectivity index (χ4v) is 4.58. The zero-order valence-corrected chi connectivity index (χ0v) is 25.6. The van der Waals surface area contributed by atoms with Crippen LogP contribution in [0.25, 0.3) is 0 Å². The van der Waals surface area contributed by atoms with Crippen LogP contribution in [0.3, 0.4) is 0 Å². The summed E-state index contributed by atoms with van der Waals surface area (Å²) >= 11 is 3.48. The van der Waals surface area contributed by atoms with Gasteiger partial charge in [-0.25, -0.2) is 15.6 Å². The Balaban J connectivity index is 1.79. The molecule has 11 heteroatoms. The molecule has 0 bridgehead atoms. The largest absolute Gasteiger partial charge is 0.444 e. The Bertz CT molecular complexity index is 1080. The van der Waals surface area contributed by atoms with Gasteiger partial charge in [0.05, 0.1) is 23.2 Å². The summed E-state index contributed by atoms with van der Waals surface area (Å²) in [6.45, 7) is 8.55. The molecule has 3 aliphatic rings. The van der Waals surface area contributed by atoms with Crippen LogP contribution in [0.1, 0.15) is 46.5 Å². The summed E-state index contributed by atoms with van der Waals surface area (Å²) in [5, 5.41) is 1.68. The fourth-order valence-electron chi connectivity index (χ4n) is 4.37. The molecule has 1 saturated heterocycles. The van der Waals surface area contributed by atoms with Crippen molar-refractivity contribution in [2.75, 3.05) is 39.8 Å². The van der Waals surface area contributed by atoms with Crippen LogP contribution in [0, 0.1) is 18.3 Å². The van der Waals surface area contributed by atoms with Gasteiger partial charge >= 0.3 is 6.09 Å². The van der Waals surface area contributed by atoms with Gasteiger partial charge in [0.25, 0.3) is 0 Å². The highest BCUT2D eigenvalue weighted by atomic mass is 79.9. The summed E-state index contributed by atoms with van der Waals surface area (Å²) in [7, 11) is 1.65. The molecule has 0 radical (unpaired) electrons. The Hall–Kier alpha value is -2.78. The number of allylic oxidation sites excluding steroid dienone is 3. The number of terminal acetylenes is 1. The van der Waals surface area contributed by atoms with Gasteiger partial charge in [0.15, 0.2) is 0 Å². The molecular formula is C29H43BrN6O4. The first kappa shape index (κ1) is 31.7. The third kappa shape index (κ3) is 10.0. The summed E-state index contributed by atoms with van der Waals surface area (Å²) in [4.78, 5) is 21.2. The molecule has 220 valence electrons. The van der Waals surface area contributed by atoms with Gasteiger partial charge in [-0.2, -0.15) is 0 Å². The van der Waals surface area contributed by atoms with Gasteiger partial charge in [0.1, 0.15) is 11.4 Å². The van der Waals surface area contributed by atoms with E-state index in [1.54, 1.807) is 29.3 Å². The topological polar surface area (TPSA) is 119 Å². The maximum absolute atomic E-state index is 12.8. The van der Waals surface area contributed by atoms with Crippen LogP contribution in [0.2, 0.25) is 0 Å². The van der Waals surface area contributed by atoms with E-state index in [4.69, 9.17) is 32.2 Å². The van der Waals surface area contributed by atoms with Crippen LogP contribution in [0.4, 0.5) is 4.79 Å². The molecule has 0 aromatic rings. The van der Waals surface area contributed by atoms with Crippen LogP contribution in [0.5, 0.6) is 0 Å². The first-order chi connectivity index (χ1) is 19.0. The molecule has 0 aromatic heterocycles. The number of nitrogens with zero attached hydrogens (tertiary/aromatic N) is 4. The molecule has 10 nitrogen and oxygen atoms in total. The van der Waals surface area contributed by atoms with Crippen molar-refractivity contribution in [3.05, 3.63) is 46.2 Å². The molecule has 3 rings (SSSR count). The normalized spacial score (nSPS) is 23.3. The lowest BCUT2D eigenvalue weighted by molar-refractivity contribution is 0.0246. The number of nitrogens with two attached hydrogens (primary N) is 2. The van der Waals surface area contributed by atoms with Crippen molar-refractivity contribution in [3.63, 3.8) is 0 Å². The minimum Gasteiger partial charge on any atom is -0.444 e. The van der Waals surface area contributed by atoms with E-state index >= 15 is 0 Å². The minimum absolute atomic E-state index is 0.189. The second-order valence-corrected chi connectivity index (χ2v) is 12.1. The van der Waals surface area contributed by atoms with Crippen LogP contribution in [-0.4, -0.2) is 84.7 Å². The lowest BCUT2D eigenvalue weighted by atomic mass is 10.1. The molecule has 40 heavy (non-hydrogen) atoms. The standard InChI is InChI=1S/C29H43BrN6O4/c1-6-23-20-35(28(37)40-29(2,3)4)13-8-12-34(23)19-22-15-24(38-5)17-33-27(22)39-26(25(30)16-31)9-7-14-36(32)18-21-10-11-21/h1,7,9,14,16-17,21,23-24H,8,10-13,15,18-20,31-32H2,2-5H3/b14-7+,25-16-,26-9+. The van der Waals surface area contributed by atoms with Gasteiger partial charge in [-0.15, -0.1) is 6.42 Å². The van der Waals surface area contributed by atoms with Crippen molar-refractivity contribution in [2.24, 2.45) is 22.5 Å². The summed E-state index contributed by atoms with van der Waals surface area (Å²) in [5.74, 6) is 10.6. The third-order valence-electron chi connectivity index (χ3n) is 6.64. The first-order valence-electron chi connectivity index (χ1n) is 13.7. The number of hydrogen-bond donors (Lipinski definition) is 2. The number of halogens is 1. The van der Waals surface area contributed by atoms with E-state index in [1.807, 2.05) is 33.0 Å². The SMILES string of the molecule is C#CC1CN(C(=O)OC(C)(C)C)CCCN1CC1=C(OC(=C/C=C/N(N)CC2CC2)/C(Br)=C/N)N=CC(OC)C1. The van der Waals surface area contributed by atoms with Crippen molar-refractivity contribution in [1.29, 1.82) is 0 Å². The number of hydrogen-bond acceptors (Lipinski definition) is 9. The quantitative estimate of drug-likeness (QED) is 0.125. The van der Waals surface area contributed by atoms with Crippen molar-refractivity contribution >= 4 is 28.2 Å². The van der Waals surface area contributed by atoms with E-state index in [0.29, 0.717) is 54.6 Å². The summed E-state index contributed by atoms with van der Waals surface area (Å²) < 4.78 is 18.0. The lowest BCUT2D eigenvalue weighted by Crippen LogP contribution is -2.44. The molecular weight excluding hydrogens is 576 g/mol. The lowest BCUT2D eigenvalue weighted by Gasteiger charge is -2.31. The van der Waals surface area contributed by atoms with Gasteiger partial charge in [0.2, 0.25) is 5.88 Å². The number of hydrazine groups is 1. The number of carbonyl (C=O) groups is 1. The second-order valence-electron chi connectivity index (χ2n) is 11.2. The van der Waals surface area contributed by atoms with E-state index in [1.165, 1.54) is 19.0 Å².